The molecular formula is C33H33F3N4+2. The van der Waals surface area contributed by atoms with Gasteiger partial charge >= 0.3 is 12.1 Å². The van der Waals surface area contributed by atoms with Crippen molar-refractivity contribution in [2.24, 2.45) is 0 Å². The molecule has 1 atom stereocenters. The number of aromatic nitrogens is 2. The van der Waals surface area contributed by atoms with Crippen LogP contribution < -0.4 is 10.7 Å². The van der Waals surface area contributed by atoms with E-state index in [1.807, 2.05) is 29.7 Å². The molecule has 0 saturated carbocycles. The van der Waals surface area contributed by atoms with Crippen LogP contribution in [0.3, 0.4) is 0 Å². The first-order chi connectivity index (χ1) is 20.8. The Morgan fingerprint density at radius 2 is 1.45 bits per heavy atom. The van der Waals surface area contributed by atoms with E-state index in [1.54, 1.807) is 12.1 Å². The van der Waals surface area contributed by atoms with Crippen LogP contribution in [0.25, 0.3) is 18.2 Å². The SMILES string of the molecule is [2H]C([2H])(CC)c1cc2n3c1C=C1C=C(CCC)C4=[N+]1C31n3c(cc(C([2H])([2H])CC(F)(F)F)c3=C2)=CC2=[N+]1C(=C4)C=C2CCC. The van der Waals surface area contributed by atoms with Crippen molar-refractivity contribution in [2.75, 3.05) is 0 Å². The summed E-state index contributed by atoms with van der Waals surface area (Å²) in [5.41, 5.74) is 7.95. The smallest absolute Gasteiger partial charge is 0.199 e. The van der Waals surface area contributed by atoms with Gasteiger partial charge in [-0.1, -0.05) is 49.2 Å². The van der Waals surface area contributed by atoms with Crippen LogP contribution in [0.1, 0.15) is 87.3 Å². The third kappa shape index (κ3) is 2.88. The predicted octanol–water partition coefficient (Wildman–Crippen LogP) is 5.43. The third-order valence-corrected chi connectivity index (χ3v) is 8.66. The normalized spacial score (nSPS) is 24.6. The Balaban J connectivity index is 1.57. The molecular weight excluding hydrogens is 509 g/mol. The molecule has 0 fully saturated rings. The average molecular weight is 547 g/mol. The highest BCUT2D eigenvalue weighted by Crippen LogP contribution is 2.47. The van der Waals surface area contributed by atoms with Crippen molar-refractivity contribution in [3.05, 3.63) is 86.1 Å². The lowest BCUT2D eigenvalue weighted by Gasteiger charge is -2.37. The van der Waals surface area contributed by atoms with Crippen LogP contribution >= 0.6 is 0 Å². The lowest BCUT2D eigenvalue weighted by Crippen LogP contribution is -2.69. The fourth-order valence-corrected chi connectivity index (χ4v) is 7.42. The van der Waals surface area contributed by atoms with Crippen molar-refractivity contribution in [1.29, 1.82) is 0 Å². The van der Waals surface area contributed by atoms with Crippen LogP contribution in [-0.2, 0) is 18.7 Å². The second-order valence-electron chi connectivity index (χ2n) is 11.2. The highest BCUT2D eigenvalue weighted by molar-refractivity contribution is 6.20. The summed E-state index contributed by atoms with van der Waals surface area (Å²) in [6.45, 7) is 6.06. The Bertz CT molecular complexity index is 2040. The van der Waals surface area contributed by atoms with E-state index in [-0.39, 0.29) is 12.0 Å². The molecule has 0 amide bonds. The minimum Gasteiger partial charge on any atom is -0.199 e. The Labute approximate surface area is 237 Å². The molecule has 1 spiro atoms. The van der Waals surface area contributed by atoms with Crippen molar-refractivity contribution in [3.8, 4) is 0 Å². The molecule has 7 heteroatoms. The molecule has 0 bridgehead atoms. The molecule has 2 aromatic rings. The summed E-state index contributed by atoms with van der Waals surface area (Å²) in [6.07, 6.45) is 5.41. The van der Waals surface area contributed by atoms with Gasteiger partial charge in [-0.15, -0.1) is 0 Å². The Hall–Kier alpha value is -3.61. The van der Waals surface area contributed by atoms with Gasteiger partial charge in [0.05, 0.1) is 28.2 Å². The molecule has 0 radical (unpaired) electrons. The molecule has 8 heterocycles. The minimum atomic E-state index is -4.70. The van der Waals surface area contributed by atoms with Gasteiger partial charge in [0.2, 0.25) is 22.8 Å². The second-order valence-corrected chi connectivity index (χ2v) is 11.2. The van der Waals surface area contributed by atoms with Gasteiger partial charge in [0.15, 0.2) is 0 Å². The molecule has 6 aliphatic heterocycles. The number of rotatable bonds is 8. The molecule has 204 valence electrons. The Morgan fingerprint density at radius 1 is 0.775 bits per heavy atom. The highest BCUT2D eigenvalue weighted by atomic mass is 19.4. The van der Waals surface area contributed by atoms with Crippen molar-refractivity contribution in [3.63, 3.8) is 0 Å². The molecule has 0 aliphatic carbocycles. The predicted molar refractivity (Wildman–Crippen MR) is 150 cm³/mol. The summed E-state index contributed by atoms with van der Waals surface area (Å²) < 4.78 is 85.3. The van der Waals surface area contributed by atoms with Crippen LogP contribution in [0.2, 0.25) is 0 Å². The van der Waals surface area contributed by atoms with Gasteiger partial charge in [-0.2, -0.15) is 22.3 Å². The molecule has 40 heavy (non-hydrogen) atoms. The summed E-state index contributed by atoms with van der Waals surface area (Å²) in [5.74, 6) is -1.18. The number of alkyl halides is 3. The number of halogens is 3. The Morgan fingerprint density at radius 3 is 2.10 bits per heavy atom. The van der Waals surface area contributed by atoms with Gasteiger partial charge in [0.1, 0.15) is 0 Å². The number of hydrogen-bond donors (Lipinski definition) is 0. The fraction of sp³-hybridized carbons (Fsp3) is 0.394. The van der Waals surface area contributed by atoms with Gasteiger partial charge in [-0.05, 0) is 54.9 Å². The van der Waals surface area contributed by atoms with Crippen LogP contribution in [0.5, 0.6) is 0 Å². The maximum absolute atomic E-state index is 13.8. The number of hydrogen-bond acceptors (Lipinski definition) is 0. The molecule has 2 aromatic heterocycles. The van der Waals surface area contributed by atoms with E-state index >= 15 is 0 Å². The van der Waals surface area contributed by atoms with Crippen LogP contribution in [0.15, 0.2) is 52.9 Å². The lowest BCUT2D eigenvalue weighted by atomic mass is 10.0. The summed E-state index contributed by atoms with van der Waals surface area (Å²) in [7, 11) is 0. The quantitative estimate of drug-likeness (QED) is 0.393. The highest BCUT2D eigenvalue weighted by Gasteiger charge is 2.71. The van der Waals surface area contributed by atoms with Gasteiger partial charge in [0.25, 0.3) is 0 Å². The standard InChI is InChI=1S/C33H33F3N4/c1-4-7-20-12-24-17-29-22(9-6-3)14-26-19-31-23(10-11-32(34,35)36)15-27-18-30-21(8-5-2)13-25-16-28(20)37(24)33(38(25)30,39(26)29)40(27)31/h12-19H,4-11H2,1-3H3/q+2/i9D2,10D2. The third-order valence-electron chi connectivity index (χ3n) is 8.66. The van der Waals surface area contributed by atoms with Crippen molar-refractivity contribution >= 4 is 29.7 Å². The molecule has 1 unspecified atom stereocenters. The van der Waals surface area contributed by atoms with Gasteiger partial charge < -0.3 is 0 Å². The summed E-state index contributed by atoms with van der Waals surface area (Å²) in [6, 6.07) is 3.41. The van der Waals surface area contributed by atoms with E-state index in [0.29, 0.717) is 22.0 Å². The number of aryl methyl sites for hydroxylation is 2. The zero-order valence-electron chi connectivity index (χ0n) is 26.8. The maximum Gasteiger partial charge on any atom is 0.553 e. The van der Waals surface area contributed by atoms with E-state index in [9.17, 15) is 13.2 Å². The van der Waals surface area contributed by atoms with Crippen LogP contribution in [0.4, 0.5) is 13.2 Å². The molecule has 0 aromatic carbocycles. The van der Waals surface area contributed by atoms with Crippen LogP contribution in [-0.4, -0.2) is 35.9 Å². The molecule has 0 saturated heterocycles. The maximum atomic E-state index is 13.8. The Kier molecular flexibility index (Phi) is 4.05. The fourth-order valence-electron chi connectivity index (χ4n) is 7.42. The van der Waals surface area contributed by atoms with Gasteiger partial charge in [0, 0.05) is 47.4 Å². The zero-order valence-corrected chi connectivity index (χ0v) is 22.8. The second kappa shape index (κ2) is 7.99. The summed E-state index contributed by atoms with van der Waals surface area (Å²) in [4.78, 5) is 0. The van der Waals surface area contributed by atoms with E-state index in [2.05, 4.69) is 45.8 Å². The summed E-state index contributed by atoms with van der Waals surface area (Å²) in [5, 5.41) is 1.00. The first-order valence-corrected chi connectivity index (χ1v) is 14.3. The first-order valence-electron chi connectivity index (χ1n) is 16.3. The van der Waals surface area contributed by atoms with Gasteiger partial charge in [-0.25, -0.2) is 0 Å². The number of nitrogens with zero attached hydrogens (tertiary/aromatic N) is 4. The average Bonchev–Trinajstić information content (AvgIpc) is 3.68. The van der Waals surface area contributed by atoms with E-state index in [1.165, 1.54) is 0 Å². The summed E-state index contributed by atoms with van der Waals surface area (Å²) >= 11 is 0. The van der Waals surface area contributed by atoms with Crippen molar-refractivity contribution in [2.45, 2.75) is 84.1 Å². The molecule has 4 nitrogen and oxygen atoms in total. The molecule has 8 rings (SSSR count). The topological polar surface area (TPSA) is 15.9 Å². The zero-order chi connectivity index (χ0) is 31.1. The largest absolute Gasteiger partial charge is 0.553 e. The van der Waals surface area contributed by atoms with E-state index in [0.717, 1.165) is 65.3 Å². The molecule has 6 aliphatic rings. The van der Waals surface area contributed by atoms with Crippen molar-refractivity contribution in [1.82, 2.24) is 9.13 Å². The van der Waals surface area contributed by atoms with E-state index in [4.69, 9.17) is 5.48 Å². The number of allylic oxidation sites excluding steroid dienone is 5. The molecule has 0 N–H and O–H groups in total. The van der Waals surface area contributed by atoms with Crippen molar-refractivity contribution < 1.29 is 27.8 Å². The van der Waals surface area contributed by atoms with E-state index < -0.39 is 31.3 Å². The lowest BCUT2D eigenvalue weighted by molar-refractivity contribution is -0.836. The van der Waals surface area contributed by atoms with Gasteiger partial charge in [-0.3, -0.25) is 0 Å². The first kappa shape index (κ1) is 20.3. The van der Waals surface area contributed by atoms with Crippen LogP contribution in [0, 0.1) is 0 Å². The monoisotopic (exact) mass is 546 g/mol. The minimum absolute atomic E-state index is 0.0120.